The van der Waals surface area contributed by atoms with E-state index < -0.39 is 0 Å². The third kappa shape index (κ3) is 2.61. The van der Waals surface area contributed by atoms with Gasteiger partial charge in [-0.2, -0.15) is 0 Å². The van der Waals surface area contributed by atoms with Gasteiger partial charge >= 0.3 is 0 Å². The molecule has 3 nitrogen and oxygen atoms in total. The highest BCUT2D eigenvalue weighted by Crippen LogP contribution is 2.38. The van der Waals surface area contributed by atoms with Gasteiger partial charge in [-0.25, -0.2) is 4.98 Å². The zero-order chi connectivity index (χ0) is 20.1. The van der Waals surface area contributed by atoms with E-state index in [0.717, 1.165) is 22.3 Å². The van der Waals surface area contributed by atoms with Crippen LogP contribution in [0.1, 0.15) is 11.1 Å². The average Bonchev–Trinajstić information content (AvgIpc) is 3.32. The number of nitrogen functional groups attached to an aromatic ring is 1. The number of thiazole rings is 1. The minimum Gasteiger partial charge on any atom is -0.375 e. The molecule has 2 N–H and O–H groups in total. The van der Waals surface area contributed by atoms with E-state index in [1.165, 1.54) is 32.9 Å². The van der Waals surface area contributed by atoms with Crippen LogP contribution in [0.5, 0.6) is 0 Å². The Bertz CT molecular complexity index is 1470. The molecule has 144 valence electrons. The predicted octanol–water partition coefficient (Wildman–Crippen LogP) is 6.57. The van der Waals surface area contributed by atoms with Gasteiger partial charge < -0.3 is 10.3 Å². The molecular weight excluding hydrogens is 386 g/mol. The zero-order valence-corrected chi connectivity index (χ0v) is 17.1. The molecule has 0 saturated heterocycles. The normalized spacial score (nSPS) is 11.6. The van der Waals surface area contributed by atoms with E-state index in [4.69, 9.17) is 10.7 Å². The van der Waals surface area contributed by atoms with Crippen molar-refractivity contribution in [1.29, 1.82) is 0 Å². The van der Waals surface area contributed by atoms with Gasteiger partial charge in [0.05, 0.1) is 21.4 Å². The van der Waals surface area contributed by atoms with Gasteiger partial charge in [-0.05, 0) is 35.7 Å². The third-order valence-electron chi connectivity index (χ3n) is 5.68. The van der Waals surface area contributed by atoms with Crippen molar-refractivity contribution in [1.82, 2.24) is 9.55 Å². The Morgan fingerprint density at radius 3 is 2.07 bits per heavy atom. The largest absolute Gasteiger partial charge is 0.375 e. The summed E-state index contributed by atoms with van der Waals surface area (Å²) in [4.78, 5) is 4.76. The molecule has 6 rings (SSSR count). The Balaban J connectivity index is 1.74. The van der Waals surface area contributed by atoms with E-state index in [2.05, 4.69) is 95.6 Å². The van der Waals surface area contributed by atoms with E-state index >= 15 is 0 Å². The van der Waals surface area contributed by atoms with Crippen LogP contribution in [0, 0.1) is 0 Å². The lowest BCUT2D eigenvalue weighted by atomic mass is 10.0. The summed E-state index contributed by atoms with van der Waals surface area (Å²) in [6, 6.07) is 32.2. The second-order valence-corrected chi connectivity index (χ2v) is 8.57. The van der Waals surface area contributed by atoms with Gasteiger partial charge in [0, 0.05) is 10.8 Å². The Morgan fingerprint density at radius 1 is 0.733 bits per heavy atom. The van der Waals surface area contributed by atoms with Crippen LogP contribution in [-0.2, 0) is 6.42 Å². The minimum absolute atomic E-state index is 0.601. The SMILES string of the molecule is Nc1nc2c(-n3c4ccccc4c4ccccc43)c(Cc3ccccc3)ccc2s1. The van der Waals surface area contributed by atoms with Gasteiger partial charge in [-0.1, -0.05) is 84.1 Å². The van der Waals surface area contributed by atoms with Crippen molar-refractivity contribution < 1.29 is 0 Å². The van der Waals surface area contributed by atoms with Crippen LogP contribution < -0.4 is 5.73 Å². The van der Waals surface area contributed by atoms with Crippen LogP contribution >= 0.6 is 11.3 Å². The highest BCUT2D eigenvalue weighted by atomic mass is 32.1. The van der Waals surface area contributed by atoms with Crippen molar-refractivity contribution in [3.8, 4) is 5.69 Å². The van der Waals surface area contributed by atoms with Crippen molar-refractivity contribution in [3.63, 3.8) is 0 Å². The van der Waals surface area contributed by atoms with Gasteiger partial charge in [-0.15, -0.1) is 0 Å². The summed E-state index contributed by atoms with van der Waals surface area (Å²) in [5.41, 5.74) is 13.1. The van der Waals surface area contributed by atoms with Crippen molar-refractivity contribution in [2.24, 2.45) is 0 Å². The quantitative estimate of drug-likeness (QED) is 0.362. The molecule has 0 aliphatic rings. The van der Waals surface area contributed by atoms with Crippen molar-refractivity contribution in [2.45, 2.75) is 6.42 Å². The molecule has 0 bridgehead atoms. The van der Waals surface area contributed by atoms with E-state index in [0.29, 0.717) is 5.13 Å². The van der Waals surface area contributed by atoms with Gasteiger partial charge in [0.25, 0.3) is 0 Å². The van der Waals surface area contributed by atoms with Crippen LogP contribution in [-0.4, -0.2) is 9.55 Å². The number of rotatable bonds is 3. The summed E-state index contributed by atoms with van der Waals surface area (Å²) >= 11 is 1.54. The average molecular weight is 406 g/mol. The van der Waals surface area contributed by atoms with Gasteiger partial charge in [0.1, 0.15) is 5.52 Å². The zero-order valence-electron chi connectivity index (χ0n) is 16.2. The second-order valence-electron chi connectivity index (χ2n) is 7.50. The molecule has 0 saturated carbocycles. The molecule has 0 fully saturated rings. The van der Waals surface area contributed by atoms with E-state index in [-0.39, 0.29) is 0 Å². The fourth-order valence-electron chi connectivity index (χ4n) is 4.41. The highest BCUT2D eigenvalue weighted by molar-refractivity contribution is 7.22. The van der Waals surface area contributed by atoms with Crippen LogP contribution in [0.3, 0.4) is 0 Å². The van der Waals surface area contributed by atoms with E-state index in [1.807, 2.05) is 0 Å². The number of anilines is 1. The van der Waals surface area contributed by atoms with Gasteiger partial charge in [0.15, 0.2) is 5.13 Å². The topological polar surface area (TPSA) is 43.8 Å². The lowest BCUT2D eigenvalue weighted by Crippen LogP contribution is -2.02. The molecule has 0 atom stereocenters. The molecule has 4 heteroatoms. The predicted molar refractivity (Wildman–Crippen MR) is 128 cm³/mol. The summed E-state index contributed by atoms with van der Waals surface area (Å²) < 4.78 is 3.48. The monoisotopic (exact) mass is 405 g/mol. The third-order valence-corrected chi connectivity index (χ3v) is 6.53. The Kier molecular flexibility index (Phi) is 3.86. The fraction of sp³-hybridized carbons (Fsp3) is 0.0385. The summed E-state index contributed by atoms with van der Waals surface area (Å²) in [6.07, 6.45) is 0.838. The number of para-hydroxylation sites is 2. The molecule has 0 unspecified atom stereocenters. The maximum absolute atomic E-state index is 6.14. The molecule has 2 heterocycles. The molecule has 2 aromatic heterocycles. The van der Waals surface area contributed by atoms with E-state index in [9.17, 15) is 0 Å². The van der Waals surface area contributed by atoms with Crippen LogP contribution in [0.2, 0.25) is 0 Å². The second kappa shape index (κ2) is 6.71. The standard InChI is InChI=1S/C26H19N3S/c27-26-28-24-23(30-26)15-14-18(16-17-8-2-1-3-9-17)25(24)29-21-12-6-4-10-19(21)20-11-5-7-13-22(20)29/h1-15H,16H2,(H2,27,28). The first-order valence-electron chi connectivity index (χ1n) is 10.00. The van der Waals surface area contributed by atoms with Crippen molar-refractivity contribution in [3.05, 3.63) is 102 Å². The molecule has 0 aliphatic carbocycles. The number of aromatic nitrogens is 2. The number of hydrogen-bond acceptors (Lipinski definition) is 3. The summed E-state index contributed by atoms with van der Waals surface area (Å²) in [6.45, 7) is 0. The van der Waals surface area contributed by atoms with Crippen molar-refractivity contribution in [2.75, 3.05) is 5.73 Å². The summed E-state index contributed by atoms with van der Waals surface area (Å²) in [5, 5.41) is 3.10. The van der Waals surface area contributed by atoms with Crippen LogP contribution in [0.15, 0.2) is 91.0 Å². The first kappa shape index (κ1) is 17.2. The first-order valence-corrected chi connectivity index (χ1v) is 10.8. The number of nitrogens with two attached hydrogens (primary N) is 1. The maximum Gasteiger partial charge on any atom is 0.181 e. The first-order chi connectivity index (χ1) is 14.8. The smallest absolute Gasteiger partial charge is 0.181 e. The molecule has 0 spiro atoms. The Hall–Kier alpha value is -3.63. The molecule has 0 aliphatic heterocycles. The molecule has 0 radical (unpaired) electrons. The molecule has 30 heavy (non-hydrogen) atoms. The van der Waals surface area contributed by atoms with Gasteiger partial charge in [-0.3, -0.25) is 0 Å². The molecule has 4 aromatic carbocycles. The Labute approximate surface area is 178 Å². The summed E-state index contributed by atoms with van der Waals surface area (Å²) in [7, 11) is 0. The lowest BCUT2D eigenvalue weighted by molar-refractivity contribution is 1.10. The molecular formula is C26H19N3S. The molecule has 0 amide bonds. The number of nitrogens with zero attached hydrogens (tertiary/aromatic N) is 2. The highest BCUT2D eigenvalue weighted by Gasteiger charge is 2.19. The van der Waals surface area contributed by atoms with Crippen LogP contribution in [0.4, 0.5) is 5.13 Å². The number of hydrogen-bond donors (Lipinski definition) is 1. The van der Waals surface area contributed by atoms with Crippen molar-refractivity contribution >= 4 is 48.5 Å². The Morgan fingerprint density at radius 2 is 1.37 bits per heavy atom. The van der Waals surface area contributed by atoms with Gasteiger partial charge in [0.2, 0.25) is 0 Å². The van der Waals surface area contributed by atoms with Crippen LogP contribution in [0.25, 0.3) is 37.7 Å². The minimum atomic E-state index is 0.601. The molecule has 6 aromatic rings. The lowest BCUT2D eigenvalue weighted by Gasteiger charge is -2.15. The number of fused-ring (bicyclic) bond motifs is 4. The fourth-order valence-corrected chi connectivity index (χ4v) is 5.15. The maximum atomic E-state index is 6.14. The number of benzene rings is 4. The van der Waals surface area contributed by atoms with E-state index in [1.54, 1.807) is 11.3 Å². The summed E-state index contributed by atoms with van der Waals surface area (Å²) in [5.74, 6) is 0.